The van der Waals surface area contributed by atoms with Crippen molar-refractivity contribution in [3.05, 3.63) is 98.9 Å². The molecule has 2 aromatic rings. The average molecular weight is 4740 g/mol. The van der Waals surface area contributed by atoms with E-state index in [9.17, 15) is 19.8 Å². The molecular weight excluding hydrogens is 4730 g/mol. The van der Waals surface area contributed by atoms with E-state index in [0.29, 0.717) is 33.4 Å². The molecule has 1 aliphatic carbocycles. The van der Waals surface area contributed by atoms with Crippen molar-refractivity contribution < 1.29 is 142 Å². The molecule has 0 saturated heterocycles. The van der Waals surface area contributed by atoms with Gasteiger partial charge in [-0.2, -0.15) is 0 Å². The Morgan fingerprint density at radius 2 is 0.416 bits per heavy atom. The molecule has 0 atom stereocenters. The fraction of sp³-hybridized carbons (Fsp3) is 0. The number of hydrogen-bond acceptors (Lipinski definition) is 7. The standard InChI is InChI=1S/C20H12O5.2ClH.104K.HNO2.2H2N.Pt.2H/c21-11-5-7-15-17(9-11)25-18-10-12(22)6-8-16(18)19(15)13-3-1-2-4-14(13)20(23)24;;;;;;;;;;;;;;;;;;;;;;;;;;;;;;;;;;;;;;;;;;;;;;;;;;;;;;;;;;;;;;;;;;;;;;;;;;;;;;;;;;;;;;;;;;;;;;;;;;;;;;;;;;;2-1-3;;;;;/h1-10,21H,(H,23,24);2*1H;;;;;;;;;;;;;;;;;;;;;;;;;;;;;;;;;;;;;;;;;;;;;;;;;;;;;;;;;;;;;;;;;;;;;;;;;;;;;;;;;;;;;;;;;;;;;;;;;;;;;;;;;(H,2,3);2*1H2;;;/q;;;;;;;;;;;;;;;;;;;;;;;;;;;;;;;;;;;;;;;;;;;;;;;;;;;;;;;;;;;;;;;;;;;;;;;;;;;;;;;;;;;;;;;;;;;;;;;;;;;;;;;;;2*+1;;2*-1;+4;2*-1/p-3. The Bertz CT molecular complexity index is 1380. The molecule has 0 aromatic heterocycles. The number of carboxylic acids is 1. The van der Waals surface area contributed by atoms with Crippen molar-refractivity contribution in [3.8, 4) is 28.2 Å². The number of halogens is 2. The van der Waals surface area contributed by atoms with Gasteiger partial charge >= 0.3 is 3360 Å². The molecule has 4 rings (SSSR count). The molecule has 2 aliphatic rings. The quantitative estimate of drug-likeness (QED) is 0.0858. The topological polar surface area (TPSA) is 207 Å². The second kappa shape index (κ2) is 627. The molecule has 0 spiro atoms. The van der Waals surface area contributed by atoms with Gasteiger partial charge in [0.2, 0.25) is 0 Å². The molecule has 0 unspecified atom stereocenters. The predicted octanol–water partition coefficient (Wildman–Crippen LogP) is -37.6. The zero-order valence-corrected chi connectivity index (χ0v) is 449. The number of nitrogens with two attached hydrogens (primary N) is 2. The fourth-order valence-electron chi connectivity index (χ4n) is 3.04. The Balaban J connectivity index is -0.00000000995. The number of phenolic OH excluding ortho intramolecular Hbond substituents is 1. The SMILES string of the molecule is O=C(O)c1ccccc1-c1c2ccc(=O)cc-2oc2cc(O)ccc12.O=N[O-].[Cl][Pt+2][Cl].[H-].[H-].[K+].[K+].[K][K].[K][K].[K][K].[K][K].[K][K].[K][K].[K][K].[K][K].[K][K].[K][K].[K][K].[K][K].[K][K].[K][K].[K][K].[K][K].[K][K].[K][K].[K][K].[K][K].[K][K].[K][K].[K][K].[K][K].[K][K].[K][K].[K][K].[K][K].[K][K].[K][K].[K][K].[K][K].[K][K].[K][K].[K][K].[K][K].[K][K].[K][K].[K][K].[K][K].[K][K].[K][K].[K][K].[K][K].[K][K].[K][K].[K][K].[K][K].[K][K].[K][K].[K][K].[NH2-].[NH2-]. The van der Waals surface area contributed by atoms with Crippen molar-refractivity contribution in [1.29, 1.82) is 0 Å². The van der Waals surface area contributed by atoms with Gasteiger partial charge in [0.05, 0.1) is 5.56 Å². The van der Waals surface area contributed by atoms with Crippen molar-refractivity contribution in [2.75, 3.05) is 0 Å². The summed E-state index contributed by atoms with van der Waals surface area (Å²) in [6.07, 6.45) is 0. The van der Waals surface area contributed by atoms with Gasteiger partial charge in [0, 0.05) is 28.6 Å². The van der Waals surface area contributed by atoms with E-state index in [1.807, 2.05) is 0 Å². The molecule has 0 amide bonds. The summed E-state index contributed by atoms with van der Waals surface area (Å²) < 4.78 is 5.76. The molecule has 0 radical (unpaired) electrons. The van der Waals surface area contributed by atoms with Crippen LogP contribution in [-0.4, -0.2) is 3240 Å². The van der Waals surface area contributed by atoms with Crippen LogP contribution in [0, 0.1) is 10.1 Å². The van der Waals surface area contributed by atoms with Crippen molar-refractivity contribution in [2.24, 2.45) is 5.34 Å². The van der Waals surface area contributed by atoms with Crippen LogP contribution in [0.4, 0.5) is 0 Å². The van der Waals surface area contributed by atoms with Gasteiger partial charge in [0.25, 0.3) is 0 Å². The number of fused-ring (bicyclic) bond motifs is 2. The summed E-state index contributed by atoms with van der Waals surface area (Å²) in [5.41, 5.74) is 2.10. The molecule has 0 bridgehead atoms. The van der Waals surface area contributed by atoms with E-state index < -0.39 is 22.5 Å². The fourth-order valence-corrected chi connectivity index (χ4v) is 3.04. The van der Waals surface area contributed by atoms with Crippen LogP contribution in [0.5, 0.6) is 5.75 Å². The number of carboxylic acid groups (broad SMARTS) is 1. The Morgan fingerprint density at radius 3 is 0.562 bits per heavy atom. The number of hydrogen-bond donors (Lipinski definition) is 2. The van der Waals surface area contributed by atoms with Crippen LogP contribution < -0.4 is 108 Å². The minimum absolute atomic E-state index is 0. The summed E-state index contributed by atoms with van der Waals surface area (Å²) in [4.78, 5) is 31.4. The minimum atomic E-state index is -1.04. The third kappa shape index (κ3) is 547. The van der Waals surface area contributed by atoms with E-state index in [4.69, 9.17) is 33.4 Å². The largest absolute Gasteiger partial charge is 0.693 e. The summed E-state index contributed by atoms with van der Waals surface area (Å²) in [6.45, 7) is 0. The van der Waals surface area contributed by atoms with Gasteiger partial charge in [-0.3, -0.25) is 4.79 Å². The van der Waals surface area contributed by atoms with E-state index in [0.717, 1.165) is 5.34 Å². The number of rotatable bonds is 2. The van der Waals surface area contributed by atoms with Crippen molar-refractivity contribution in [3.63, 3.8) is 0 Å². The summed E-state index contributed by atoms with van der Waals surface area (Å²) in [7, 11) is 9.75. The molecule has 1 aliphatic heterocycles. The van der Waals surface area contributed by atoms with E-state index in [-0.39, 0.29) is 135 Å². The summed E-state index contributed by atoms with van der Waals surface area (Å²) >= 11 is 127. The third-order valence-electron chi connectivity index (χ3n) is 4.10. The van der Waals surface area contributed by atoms with Gasteiger partial charge in [0.15, 0.2) is 5.43 Å². The molecule has 284 valence electrons. The molecule has 10 nitrogen and oxygen atoms in total. The molecule has 117 heteroatoms. The van der Waals surface area contributed by atoms with Gasteiger partial charge in [-0.1, -0.05) is 18.2 Å². The number of nitrogens with zero attached hydrogens (tertiary/aromatic N) is 1. The Labute approximate surface area is 3270 Å². The average Bonchev–Trinajstić information content (AvgIpc) is 0.753. The first kappa shape index (κ1) is 447. The van der Waals surface area contributed by atoms with Crippen molar-refractivity contribution in [1.82, 2.24) is 0 Å². The van der Waals surface area contributed by atoms with Crippen LogP contribution in [0.15, 0.2) is 75.2 Å². The third-order valence-corrected chi connectivity index (χ3v) is 4.10. The second-order valence-electron chi connectivity index (χ2n) is 5.79. The minimum Gasteiger partial charge on any atom is -0.693 e. The summed E-state index contributed by atoms with van der Waals surface area (Å²) in [6, 6.07) is 15.7. The van der Waals surface area contributed by atoms with E-state index >= 15 is 0 Å². The Kier molecular flexibility index (Phi) is 2040. The van der Waals surface area contributed by atoms with E-state index in [2.05, 4.69) is 0 Å². The van der Waals surface area contributed by atoms with E-state index in [1.54, 1.807) is 30.3 Å². The maximum Gasteiger partial charge on any atom is -0.693 e. The first-order valence-electron chi connectivity index (χ1n) is 59.2. The van der Waals surface area contributed by atoms with Gasteiger partial charge in [-0.05, 0) is 35.9 Å². The number of carbonyl (C=O) groups is 1. The number of aromatic carboxylic acids is 1. The Hall–Kier alpha value is 167. The number of benzene rings is 3. The maximum absolute atomic E-state index is 11.7. The zero-order valence-electron chi connectivity index (χ0n) is 122. The molecule has 137 heavy (non-hydrogen) atoms. The van der Waals surface area contributed by atoms with Crippen molar-refractivity contribution in [2.45, 2.75) is 0 Å². The van der Waals surface area contributed by atoms with Gasteiger partial charge < -0.3 is 39.9 Å². The van der Waals surface area contributed by atoms with Gasteiger partial charge in [0.1, 0.15) is 17.1 Å². The predicted molar refractivity (Wildman–Crippen MR) is 714 cm³/mol. The van der Waals surface area contributed by atoms with Gasteiger partial charge in [-0.25, -0.2) is 4.79 Å². The van der Waals surface area contributed by atoms with Crippen LogP contribution in [-0.2, 0) is 16.5 Å². The van der Waals surface area contributed by atoms with Crippen LogP contribution in [0.25, 0.3) is 45.7 Å². The molecule has 2 aromatic carbocycles. The van der Waals surface area contributed by atoms with Crippen LogP contribution >= 0.6 is 18.8 Å². The second-order valence-corrected chi connectivity index (χ2v) is 9.07. The normalized spacial score (nSPS) is 5.24. The molecule has 0 saturated carbocycles. The molecule has 1 heterocycles. The van der Waals surface area contributed by atoms with Crippen molar-refractivity contribution >= 4 is 3260 Å². The summed E-state index contributed by atoms with van der Waals surface area (Å²) in [5, 5.41) is 28.9. The Morgan fingerprint density at radius 1 is 0.270 bits per heavy atom. The van der Waals surface area contributed by atoms with Crippen LogP contribution in [0.3, 0.4) is 0 Å². The molecule has 0 fully saturated rings. The number of phenols is 1. The smallest absolute Gasteiger partial charge is 0.693 e. The first-order chi connectivity index (χ1) is 65.9. The maximum atomic E-state index is 11.7. The van der Waals surface area contributed by atoms with Gasteiger partial charge in [-0.15, -0.1) is 5.34 Å². The zero-order chi connectivity index (χ0) is 125. The molecular formula is C20H18Cl2K104N3O7Pt-. The van der Waals surface area contributed by atoms with Crippen LogP contribution in [0.1, 0.15) is 13.2 Å². The summed E-state index contributed by atoms with van der Waals surface area (Å²) in [5.74, 6) is -0.691. The first-order valence-corrected chi connectivity index (χ1v) is 881. The monoisotopic (exact) mass is 4730 g/mol. The number of aromatic hydroxyl groups is 1. The molecule has 6 N–H and O–H groups in total. The van der Waals surface area contributed by atoms with E-state index in [1.165, 1.54) is 3250 Å². The van der Waals surface area contributed by atoms with Crippen LogP contribution in [0.2, 0.25) is 0 Å².